The Morgan fingerprint density at radius 2 is 2.23 bits per heavy atom. The van der Waals surface area contributed by atoms with Gasteiger partial charge in [-0.15, -0.1) is 11.3 Å². The molecule has 1 heterocycles. The van der Waals surface area contributed by atoms with E-state index in [9.17, 15) is 5.11 Å². The molecular formula is C9H7N2OS-. The predicted molar refractivity (Wildman–Crippen MR) is 52.1 cm³/mol. The van der Waals surface area contributed by atoms with Gasteiger partial charge in [0.1, 0.15) is 5.01 Å². The minimum atomic E-state index is -0.249. The van der Waals surface area contributed by atoms with Crippen molar-refractivity contribution in [3.05, 3.63) is 29.3 Å². The van der Waals surface area contributed by atoms with Crippen molar-refractivity contribution in [1.29, 1.82) is 0 Å². The lowest BCUT2D eigenvalue weighted by molar-refractivity contribution is -0.212. The molecule has 0 N–H and O–H groups in total. The summed E-state index contributed by atoms with van der Waals surface area (Å²) in [4.78, 5) is 7.72. The van der Waals surface area contributed by atoms with Gasteiger partial charge in [0.05, 0.1) is 10.2 Å². The molecule has 0 amide bonds. The summed E-state index contributed by atoms with van der Waals surface area (Å²) in [5.74, 6) is -0.249. The van der Waals surface area contributed by atoms with Crippen LogP contribution in [0.4, 0.5) is 0 Å². The maximum atomic E-state index is 11.2. The average Bonchev–Trinajstić information content (AvgIpc) is 2.59. The normalized spacial score (nSPS) is 12.2. The Kier molecular flexibility index (Phi) is 1.98. The Labute approximate surface area is 79.4 Å². The third-order valence-corrected chi connectivity index (χ3v) is 2.70. The summed E-state index contributed by atoms with van der Waals surface area (Å²) in [6, 6.07) is 7.66. The second-order valence-electron chi connectivity index (χ2n) is 2.52. The van der Waals surface area contributed by atoms with Gasteiger partial charge in [-0.05, 0) is 12.1 Å². The first-order valence-corrected chi connectivity index (χ1v) is 4.62. The summed E-state index contributed by atoms with van der Waals surface area (Å²) < 4.78 is 1.02. The summed E-state index contributed by atoms with van der Waals surface area (Å²) in [6.45, 7) is 0. The fraction of sp³-hybridized carbons (Fsp3) is 0.111. The molecule has 0 saturated heterocycles. The van der Waals surface area contributed by atoms with E-state index in [0.29, 0.717) is 5.01 Å². The van der Waals surface area contributed by atoms with E-state index in [1.807, 2.05) is 24.3 Å². The Morgan fingerprint density at radius 1 is 1.46 bits per heavy atom. The molecule has 0 bridgehead atoms. The molecule has 2 aromatic rings. The highest BCUT2D eigenvalue weighted by Gasteiger charge is 2.01. The number of fused-ring (bicyclic) bond motifs is 1. The van der Waals surface area contributed by atoms with Gasteiger partial charge < -0.3 is 10.1 Å². The number of aromatic nitrogens is 1. The Hall–Kier alpha value is -1.42. The Bertz CT molecular complexity index is 428. The van der Waals surface area contributed by atoms with Crippen molar-refractivity contribution in [1.82, 2.24) is 4.98 Å². The highest BCUT2D eigenvalue weighted by Crippen LogP contribution is 2.20. The van der Waals surface area contributed by atoms with Crippen LogP contribution >= 0.6 is 11.3 Å². The van der Waals surface area contributed by atoms with Crippen LogP contribution in [-0.2, 0) is 0 Å². The molecule has 3 nitrogen and oxygen atoms in total. The summed E-state index contributed by atoms with van der Waals surface area (Å²) in [7, 11) is 1.48. The first-order chi connectivity index (χ1) is 6.31. The smallest absolute Gasteiger partial charge is 0.127 e. The highest BCUT2D eigenvalue weighted by molar-refractivity contribution is 7.20. The van der Waals surface area contributed by atoms with Gasteiger partial charge in [-0.3, -0.25) is 0 Å². The fourth-order valence-electron chi connectivity index (χ4n) is 1.06. The standard InChI is InChI=1S/C9H8N2OS/c1-10-8(12)9-11-6-4-2-3-5-7(6)13-9/h2-5H,1H3,(H,10,12)/p-1. The number of aliphatic imine (C=N–C) groups is 1. The third-order valence-electron chi connectivity index (χ3n) is 1.68. The summed E-state index contributed by atoms with van der Waals surface area (Å²) in [5.41, 5.74) is 0.861. The fourth-order valence-corrected chi connectivity index (χ4v) is 1.96. The maximum absolute atomic E-state index is 11.2. The molecule has 66 valence electrons. The monoisotopic (exact) mass is 191 g/mol. The lowest BCUT2D eigenvalue weighted by atomic mass is 10.3. The van der Waals surface area contributed by atoms with E-state index in [-0.39, 0.29) is 5.90 Å². The second kappa shape index (κ2) is 3.14. The number of hydrogen-bond acceptors (Lipinski definition) is 4. The molecule has 0 atom stereocenters. The van der Waals surface area contributed by atoms with E-state index in [4.69, 9.17) is 0 Å². The van der Waals surface area contributed by atoms with Crippen LogP contribution in [0.25, 0.3) is 10.2 Å². The molecule has 0 saturated carbocycles. The molecule has 1 aromatic heterocycles. The third kappa shape index (κ3) is 1.40. The van der Waals surface area contributed by atoms with E-state index >= 15 is 0 Å². The van der Waals surface area contributed by atoms with Crippen molar-refractivity contribution in [2.24, 2.45) is 4.99 Å². The minimum absolute atomic E-state index is 0.249. The number of para-hydroxylation sites is 1. The average molecular weight is 191 g/mol. The van der Waals surface area contributed by atoms with Crippen molar-refractivity contribution in [2.75, 3.05) is 7.05 Å². The van der Waals surface area contributed by atoms with Crippen LogP contribution < -0.4 is 5.11 Å². The Morgan fingerprint density at radius 3 is 2.92 bits per heavy atom. The largest absolute Gasteiger partial charge is 0.857 e. The number of thiazole rings is 1. The van der Waals surface area contributed by atoms with E-state index in [0.717, 1.165) is 10.2 Å². The number of hydrogen-bond donors (Lipinski definition) is 0. The molecule has 0 unspecified atom stereocenters. The molecule has 0 aliphatic carbocycles. The number of benzene rings is 1. The molecule has 4 heteroatoms. The SMILES string of the molecule is CN=C([O-])c1nc2ccccc2s1. The number of rotatable bonds is 1. The van der Waals surface area contributed by atoms with Gasteiger partial charge in [0.25, 0.3) is 0 Å². The summed E-state index contributed by atoms with van der Waals surface area (Å²) in [5, 5.41) is 11.6. The van der Waals surface area contributed by atoms with Crippen molar-refractivity contribution < 1.29 is 5.11 Å². The molecular weight excluding hydrogens is 184 g/mol. The number of nitrogens with zero attached hydrogens (tertiary/aromatic N) is 2. The van der Waals surface area contributed by atoms with Crippen LogP contribution in [-0.4, -0.2) is 17.9 Å². The van der Waals surface area contributed by atoms with Crippen molar-refractivity contribution >= 4 is 27.5 Å². The lowest BCUT2D eigenvalue weighted by Crippen LogP contribution is -2.17. The van der Waals surface area contributed by atoms with Gasteiger partial charge in [-0.25, -0.2) is 4.98 Å². The van der Waals surface area contributed by atoms with E-state index in [2.05, 4.69) is 9.98 Å². The summed E-state index contributed by atoms with van der Waals surface area (Å²) in [6.07, 6.45) is 0. The molecule has 0 spiro atoms. The molecule has 2 rings (SSSR count). The van der Waals surface area contributed by atoms with Crippen LogP contribution in [0.1, 0.15) is 5.01 Å². The quantitative estimate of drug-likeness (QED) is 0.499. The zero-order chi connectivity index (χ0) is 9.26. The molecule has 13 heavy (non-hydrogen) atoms. The predicted octanol–water partition coefficient (Wildman–Crippen LogP) is 1.03. The van der Waals surface area contributed by atoms with Gasteiger partial charge in [-0.1, -0.05) is 12.1 Å². The molecule has 1 aromatic carbocycles. The summed E-state index contributed by atoms with van der Waals surface area (Å²) >= 11 is 1.38. The first kappa shape index (κ1) is 8.19. The zero-order valence-electron chi connectivity index (χ0n) is 7.02. The van der Waals surface area contributed by atoms with Crippen molar-refractivity contribution in [3.8, 4) is 0 Å². The van der Waals surface area contributed by atoms with Crippen LogP contribution in [0.3, 0.4) is 0 Å². The molecule has 0 radical (unpaired) electrons. The van der Waals surface area contributed by atoms with Crippen LogP contribution in [0.5, 0.6) is 0 Å². The first-order valence-electron chi connectivity index (χ1n) is 3.81. The van der Waals surface area contributed by atoms with Crippen molar-refractivity contribution in [3.63, 3.8) is 0 Å². The van der Waals surface area contributed by atoms with Crippen LogP contribution in [0.2, 0.25) is 0 Å². The van der Waals surface area contributed by atoms with Crippen LogP contribution in [0, 0.1) is 0 Å². The molecule has 0 fully saturated rings. The van der Waals surface area contributed by atoms with Crippen molar-refractivity contribution in [2.45, 2.75) is 0 Å². The zero-order valence-corrected chi connectivity index (χ0v) is 7.84. The topological polar surface area (TPSA) is 48.3 Å². The lowest BCUT2D eigenvalue weighted by Gasteiger charge is -2.02. The van der Waals surface area contributed by atoms with Gasteiger partial charge in [0, 0.05) is 12.9 Å². The Balaban J connectivity index is 2.62. The highest BCUT2D eigenvalue weighted by atomic mass is 32.1. The van der Waals surface area contributed by atoms with Crippen LogP contribution in [0.15, 0.2) is 29.3 Å². The van der Waals surface area contributed by atoms with Gasteiger partial charge in [-0.2, -0.15) is 0 Å². The van der Waals surface area contributed by atoms with Gasteiger partial charge in [0.15, 0.2) is 0 Å². The second-order valence-corrected chi connectivity index (χ2v) is 3.55. The van der Waals surface area contributed by atoms with E-state index < -0.39 is 0 Å². The maximum Gasteiger partial charge on any atom is 0.127 e. The molecule has 0 aliphatic heterocycles. The molecule has 0 aliphatic rings. The van der Waals surface area contributed by atoms with E-state index in [1.165, 1.54) is 18.4 Å². The van der Waals surface area contributed by atoms with Gasteiger partial charge >= 0.3 is 0 Å². The van der Waals surface area contributed by atoms with E-state index in [1.54, 1.807) is 0 Å². The minimum Gasteiger partial charge on any atom is -0.857 e. The van der Waals surface area contributed by atoms with Gasteiger partial charge in [0.2, 0.25) is 0 Å².